The van der Waals surface area contributed by atoms with Gasteiger partial charge in [0.15, 0.2) is 5.76 Å². The zero-order valence-corrected chi connectivity index (χ0v) is 10.5. The average molecular weight is 226 g/mol. The van der Waals surface area contributed by atoms with E-state index in [-0.39, 0.29) is 18.2 Å². The molecule has 0 aromatic heterocycles. The number of allylic oxidation sites excluding steroid dienone is 1. The molecule has 0 aliphatic heterocycles. The molecule has 4 nitrogen and oxygen atoms in total. The second-order valence-electron chi connectivity index (χ2n) is 3.74. The van der Waals surface area contributed by atoms with Crippen LogP contribution in [-0.4, -0.2) is 24.7 Å². The van der Waals surface area contributed by atoms with E-state index in [4.69, 9.17) is 4.74 Å². The highest BCUT2D eigenvalue weighted by Gasteiger charge is 2.13. The van der Waals surface area contributed by atoms with E-state index >= 15 is 0 Å². The Hall–Kier alpha value is -1.29. The highest BCUT2D eigenvalue weighted by atomic mass is 16.5. The van der Waals surface area contributed by atoms with Crippen LogP contribution < -0.4 is 10.6 Å². The summed E-state index contributed by atoms with van der Waals surface area (Å²) in [6, 6.07) is 0.0995. The third-order valence-electron chi connectivity index (χ3n) is 1.76. The first kappa shape index (κ1) is 14.7. The molecule has 1 amide bonds. The lowest BCUT2D eigenvalue weighted by Gasteiger charge is -2.18. The predicted molar refractivity (Wildman–Crippen MR) is 65.8 cm³/mol. The molecule has 0 saturated carbocycles. The Kier molecular flexibility index (Phi) is 7.29. The predicted octanol–water partition coefficient (Wildman–Crippen LogP) is 1.55. The van der Waals surface area contributed by atoms with Crippen molar-refractivity contribution in [2.75, 3.05) is 6.54 Å². The summed E-state index contributed by atoms with van der Waals surface area (Å²) in [5, 5.41) is 5.82. The van der Waals surface area contributed by atoms with Crippen LogP contribution in [0.15, 0.2) is 24.5 Å². The van der Waals surface area contributed by atoms with Gasteiger partial charge in [-0.2, -0.15) is 0 Å². The highest BCUT2D eigenvalue weighted by molar-refractivity contribution is 5.91. The Morgan fingerprint density at radius 2 is 2.06 bits per heavy atom. The molecule has 0 saturated heterocycles. The number of hydrogen-bond acceptors (Lipinski definition) is 3. The summed E-state index contributed by atoms with van der Waals surface area (Å²) >= 11 is 0. The van der Waals surface area contributed by atoms with Gasteiger partial charge in [0.2, 0.25) is 0 Å². The lowest BCUT2D eigenvalue weighted by Crippen LogP contribution is -2.36. The van der Waals surface area contributed by atoms with Crippen molar-refractivity contribution in [2.24, 2.45) is 0 Å². The highest BCUT2D eigenvalue weighted by Crippen LogP contribution is 2.01. The van der Waals surface area contributed by atoms with Crippen molar-refractivity contribution in [1.29, 1.82) is 0 Å². The topological polar surface area (TPSA) is 50.4 Å². The quantitative estimate of drug-likeness (QED) is 0.300. The van der Waals surface area contributed by atoms with Crippen molar-refractivity contribution >= 4 is 5.91 Å². The molecule has 1 atom stereocenters. The molecule has 16 heavy (non-hydrogen) atoms. The average Bonchev–Trinajstić information content (AvgIpc) is 2.21. The SMILES string of the molecule is C=CCNC(C)O/C(=C\C)C(=O)NC(C)C. The van der Waals surface area contributed by atoms with Gasteiger partial charge in [0.25, 0.3) is 5.91 Å². The van der Waals surface area contributed by atoms with E-state index in [1.807, 2.05) is 20.8 Å². The van der Waals surface area contributed by atoms with Gasteiger partial charge in [-0.1, -0.05) is 6.08 Å². The first-order valence-corrected chi connectivity index (χ1v) is 5.49. The van der Waals surface area contributed by atoms with Crippen LogP contribution in [0.2, 0.25) is 0 Å². The van der Waals surface area contributed by atoms with Crippen LogP contribution in [0, 0.1) is 0 Å². The molecule has 4 heteroatoms. The van der Waals surface area contributed by atoms with Gasteiger partial charge in [-0.25, -0.2) is 0 Å². The van der Waals surface area contributed by atoms with E-state index in [1.54, 1.807) is 19.1 Å². The molecule has 0 heterocycles. The summed E-state index contributed by atoms with van der Waals surface area (Å²) in [4.78, 5) is 11.6. The number of nitrogens with one attached hydrogen (secondary N) is 2. The Balaban J connectivity index is 4.19. The van der Waals surface area contributed by atoms with Gasteiger partial charge in [-0.05, 0) is 33.8 Å². The largest absolute Gasteiger partial charge is 0.470 e. The Labute approximate surface area is 97.7 Å². The van der Waals surface area contributed by atoms with E-state index in [0.29, 0.717) is 12.3 Å². The van der Waals surface area contributed by atoms with Crippen LogP contribution in [0.25, 0.3) is 0 Å². The maximum absolute atomic E-state index is 11.6. The summed E-state index contributed by atoms with van der Waals surface area (Å²) in [7, 11) is 0. The van der Waals surface area contributed by atoms with Crippen LogP contribution in [0.5, 0.6) is 0 Å². The molecule has 2 N–H and O–H groups in total. The molecule has 0 aromatic carbocycles. The van der Waals surface area contributed by atoms with Crippen molar-refractivity contribution in [3.8, 4) is 0 Å². The van der Waals surface area contributed by atoms with Crippen molar-refractivity contribution in [1.82, 2.24) is 10.6 Å². The minimum absolute atomic E-state index is 0.0995. The lowest BCUT2D eigenvalue weighted by molar-refractivity contribution is -0.122. The van der Waals surface area contributed by atoms with Crippen molar-refractivity contribution < 1.29 is 9.53 Å². The number of ether oxygens (including phenoxy) is 1. The molecule has 0 aliphatic rings. The van der Waals surface area contributed by atoms with Crippen molar-refractivity contribution in [2.45, 2.75) is 40.0 Å². The molecule has 92 valence electrons. The summed E-state index contributed by atoms with van der Waals surface area (Å²) in [6.07, 6.45) is 3.18. The summed E-state index contributed by atoms with van der Waals surface area (Å²) in [5.74, 6) is 0.141. The van der Waals surface area contributed by atoms with Gasteiger partial charge >= 0.3 is 0 Å². The zero-order chi connectivity index (χ0) is 12.6. The van der Waals surface area contributed by atoms with Crippen LogP contribution in [0.3, 0.4) is 0 Å². The minimum Gasteiger partial charge on any atom is -0.470 e. The standard InChI is InChI=1S/C12H22N2O2/c1-6-8-13-10(5)16-11(7-2)12(15)14-9(3)4/h6-7,9-10,13H,1,8H2,2-5H3,(H,14,15)/b11-7-. The smallest absolute Gasteiger partial charge is 0.286 e. The van der Waals surface area contributed by atoms with Crippen LogP contribution in [0.1, 0.15) is 27.7 Å². The molecule has 0 aromatic rings. The summed E-state index contributed by atoms with van der Waals surface area (Å²) in [6.45, 7) is 11.7. The van der Waals surface area contributed by atoms with Gasteiger partial charge in [-0.3, -0.25) is 10.1 Å². The maximum atomic E-state index is 11.6. The van der Waals surface area contributed by atoms with Crippen molar-refractivity contribution in [3.05, 3.63) is 24.5 Å². The fraction of sp³-hybridized carbons (Fsp3) is 0.583. The molecule has 0 bridgehead atoms. The fourth-order valence-electron chi connectivity index (χ4n) is 1.07. The molecule has 0 aliphatic carbocycles. The van der Waals surface area contributed by atoms with Gasteiger partial charge in [0.05, 0.1) is 0 Å². The summed E-state index contributed by atoms with van der Waals surface area (Å²) in [5.41, 5.74) is 0. The number of carbonyl (C=O) groups excluding carboxylic acids is 1. The molecule has 0 radical (unpaired) electrons. The van der Waals surface area contributed by atoms with E-state index in [1.165, 1.54) is 0 Å². The normalized spacial score (nSPS) is 13.4. The number of carbonyl (C=O) groups is 1. The van der Waals surface area contributed by atoms with E-state index in [9.17, 15) is 4.79 Å². The zero-order valence-electron chi connectivity index (χ0n) is 10.5. The Morgan fingerprint density at radius 1 is 1.44 bits per heavy atom. The number of hydrogen-bond donors (Lipinski definition) is 2. The number of rotatable bonds is 7. The molecular weight excluding hydrogens is 204 g/mol. The molecule has 0 rings (SSSR count). The van der Waals surface area contributed by atoms with Crippen molar-refractivity contribution in [3.63, 3.8) is 0 Å². The molecule has 0 spiro atoms. The molecular formula is C12H22N2O2. The van der Waals surface area contributed by atoms with Gasteiger partial charge < -0.3 is 10.1 Å². The fourth-order valence-corrected chi connectivity index (χ4v) is 1.07. The van der Waals surface area contributed by atoms with Crippen LogP contribution in [-0.2, 0) is 9.53 Å². The third kappa shape index (κ3) is 6.24. The first-order valence-electron chi connectivity index (χ1n) is 5.49. The monoisotopic (exact) mass is 226 g/mol. The minimum atomic E-state index is -0.220. The van der Waals surface area contributed by atoms with Crippen LogP contribution in [0.4, 0.5) is 0 Å². The van der Waals surface area contributed by atoms with Gasteiger partial charge in [0, 0.05) is 12.6 Å². The van der Waals surface area contributed by atoms with Gasteiger partial charge in [-0.15, -0.1) is 6.58 Å². The summed E-state index contributed by atoms with van der Waals surface area (Å²) < 4.78 is 5.45. The molecule has 0 fully saturated rings. The number of amides is 1. The van der Waals surface area contributed by atoms with E-state index in [2.05, 4.69) is 17.2 Å². The van der Waals surface area contributed by atoms with E-state index in [0.717, 1.165) is 0 Å². The molecule has 1 unspecified atom stereocenters. The third-order valence-corrected chi connectivity index (χ3v) is 1.76. The Bertz CT molecular complexity index is 260. The lowest BCUT2D eigenvalue weighted by atomic mass is 10.3. The second-order valence-corrected chi connectivity index (χ2v) is 3.74. The van der Waals surface area contributed by atoms with Crippen LogP contribution >= 0.6 is 0 Å². The second kappa shape index (κ2) is 7.93. The van der Waals surface area contributed by atoms with Gasteiger partial charge in [0.1, 0.15) is 6.23 Å². The van der Waals surface area contributed by atoms with E-state index < -0.39 is 0 Å². The Morgan fingerprint density at radius 3 is 2.50 bits per heavy atom. The first-order chi connectivity index (χ1) is 7.51. The maximum Gasteiger partial charge on any atom is 0.286 e.